The molecule has 0 saturated carbocycles. The predicted molar refractivity (Wildman–Crippen MR) is 57.9 cm³/mol. The van der Waals surface area contributed by atoms with Crippen LogP contribution in [0.15, 0.2) is 0 Å². The van der Waals surface area contributed by atoms with Gasteiger partial charge in [-0.2, -0.15) is 0 Å². The maximum Gasteiger partial charge on any atom is 0.222 e. The van der Waals surface area contributed by atoms with Crippen LogP contribution in [-0.4, -0.2) is 29.9 Å². The van der Waals surface area contributed by atoms with Gasteiger partial charge in [-0.1, -0.05) is 20.3 Å². The molecule has 3 heteroatoms. The lowest BCUT2D eigenvalue weighted by Crippen LogP contribution is -2.49. The van der Waals surface area contributed by atoms with Crippen molar-refractivity contribution in [2.24, 2.45) is 11.7 Å². The number of carbonyl (C=O) groups excluding carboxylic acids is 1. The molecular formula is C11H22N2O. The Morgan fingerprint density at radius 3 is 2.86 bits per heavy atom. The normalized spacial score (nSPS) is 27.8. The minimum Gasteiger partial charge on any atom is -0.341 e. The zero-order valence-electron chi connectivity index (χ0n) is 9.33. The van der Waals surface area contributed by atoms with Gasteiger partial charge < -0.3 is 10.6 Å². The van der Waals surface area contributed by atoms with E-state index in [2.05, 4.69) is 13.8 Å². The summed E-state index contributed by atoms with van der Waals surface area (Å²) in [6.07, 6.45) is 3.83. The van der Waals surface area contributed by atoms with Gasteiger partial charge in [-0.05, 0) is 18.8 Å². The number of likely N-dealkylation sites (tertiary alicyclic amines) is 1. The van der Waals surface area contributed by atoms with Crippen LogP contribution in [0.3, 0.4) is 0 Å². The van der Waals surface area contributed by atoms with Crippen LogP contribution in [0.4, 0.5) is 0 Å². The lowest BCUT2D eigenvalue weighted by atomic mass is 9.94. The molecule has 2 unspecified atom stereocenters. The van der Waals surface area contributed by atoms with Gasteiger partial charge in [-0.25, -0.2) is 0 Å². The first-order chi connectivity index (χ1) is 6.65. The lowest BCUT2D eigenvalue weighted by Gasteiger charge is -2.35. The SMILES string of the molecule is CCCCC(=O)N1CCC(C)C(N)C1. The fraction of sp³-hybridized carbons (Fsp3) is 0.909. The highest BCUT2D eigenvalue weighted by Crippen LogP contribution is 2.16. The van der Waals surface area contributed by atoms with Crippen LogP contribution >= 0.6 is 0 Å². The number of unbranched alkanes of at least 4 members (excludes halogenated alkanes) is 1. The molecule has 82 valence electrons. The Hall–Kier alpha value is -0.570. The van der Waals surface area contributed by atoms with Gasteiger partial charge in [0.25, 0.3) is 0 Å². The molecule has 2 N–H and O–H groups in total. The van der Waals surface area contributed by atoms with Crippen LogP contribution in [0.25, 0.3) is 0 Å². The van der Waals surface area contributed by atoms with Crippen LogP contribution in [0, 0.1) is 5.92 Å². The number of hydrogen-bond donors (Lipinski definition) is 1. The van der Waals surface area contributed by atoms with E-state index in [9.17, 15) is 4.79 Å². The molecule has 1 rings (SSSR count). The first-order valence-corrected chi connectivity index (χ1v) is 5.68. The molecule has 14 heavy (non-hydrogen) atoms. The molecule has 1 aliphatic rings. The molecule has 1 amide bonds. The Balaban J connectivity index is 2.34. The van der Waals surface area contributed by atoms with Crippen molar-refractivity contribution in [3.63, 3.8) is 0 Å². The van der Waals surface area contributed by atoms with Gasteiger partial charge in [0.15, 0.2) is 0 Å². The van der Waals surface area contributed by atoms with Crippen molar-refractivity contribution in [3.8, 4) is 0 Å². The van der Waals surface area contributed by atoms with E-state index in [1.807, 2.05) is 4.90 Å². The van der Waals surface area contributed by atoms with Crippen LogP contribution in [0.2, 0.25) is 0 Å². The van der Waals surface area contributed by atoms with Gasteiger partial charge in [0.1, 0.15) is 0 Å². The summed E-state index contributed by atoms with van der Waals surface area (Å²) in [4.78, 5) is 13.6. The zero-order valence-corrected chi connectivity index (χ0v) is 9.33. The summed E-state index contributed by atoms with van der Waals surface area (Å²) < 4.78 is 0. The Kier molecular flexibility index (Phi) is 4.39. The third-order valence-corrected chi connectivity index (χ3v) is 3.11. The van der Waals surface area contributed by atoms with Crippen molar-refractivity contribution >= 4 is 5.91 Å². The molecule has 1 saturated heterocycles. The number of piperidine rings is 1. The second-order valence-corrected chi connectivity index (χ2v) is 4.37. The van der Waals surface area contributed by atoms with E-state index in [0.717, 1.165) is 32.4 Å². The smallest absolute Gasteiger partial charge is 0.222 e. The molecule has 0 aliphatic carbocycles. The van der Waals surface area contributed by atoms with Crippen LogP contribution in [0.5, 0.6) is 0 Å². The standard InChI is InChI=1S/C11H22N2O/c1-3-4-5-11(14)13-7-6-9(2)10(12)8-13/h9-10H,3-8,12H2,1-2H3. The van der Waals surface area contributed by atoms with E-state index >= 15 is 0 Å². The summed E-state index contributed by atoms with van der Waals surface area (Å²) >= 11 is 0. The molecule has 0 bridgehead atoms. The van der Waals surface area contributed by atoms with E-state index in [1.165, 1.54) is 0 Å². The maximum absolute atomic E-state index is 11.7. The summed E-state index contributed by atoms with van der Waals surface area (Å²) in [5.74, 6) is 0.847. The quantitative estimate of drug-likeness (QED) is 0.744. The second kappa shape index (κ2) is 5.35. The Morgan fingerprint density at radius 2 is 2.29 bits per heavy atom. The fourth-order valence-electron chi connectivity index (χ4n) is 1.81. The molecule has 1 aliphatic heterocycles. The number of nitrogens with zero attached hydrogens (tertiary/aromatic N) is 1. The average molecular weight is 198 g/mol. The largest absolute Gasteiger partial charge is 0.341 e. The highest BCUT2D eigenvalue weighted by atomic mass is 16.2. The van der Waals surface area contributed by atoms with E-state index in [-0.39, 0.29) is 11.9 Å². The molecule has 0 spiro atoms. The van der Waals surface area contributed by atoms with Gasteiger partial charge in [0.2, 0.25) is 5.91 Å². The number of rotatable bonds is 3. The molecule has 0 aromatic carbocycles. The molecule has 3 nitrogen and oxygen atoms in total. The minimum absolute atomic E-state index is 0.175. The van der Waals surface area contributed by atoms with Crippen molar-refractivity contribution in [2.45, 2.75) is 45.6 Å². The monoisotopic (exact) mass is 198 g/mol. The predicted octanol–water partition coefficient (Wildman–Crippen LogP) is 1.37. The van der Waals surface area contributed by atoms with Gasteiger partial charge in [0, 0.05) is 25.6 Å². The van der Waals surface area contributed by atoms with Gasteiger partial charge in [0.05, 0.1) is 0 Å². The summed E-state index contributed by atoms with van der Waals surface area (Å²) in [5, 5.41) is 0. The van der Waals surface area contributed by atoms with Crippen molar-refractivity contribution in [1.29, 1.82) is 0 Å². The average Bonchev–Trinajstić information content (AvgIpc) is 2.18. The number of amides is 1. The second-order valence-electron chi connectivity index (χ2n) is 4.37. The third-order valence-electron chi connectivity index (χ3n) is 3.11. The van der Waals surface area contributed by atoms with E-state index in [1.54, 1.807) is 0 Å². The van der Waals surface area contributed by atoms with Crippen LogP contribution < -0.4 is 5.73 Å². The van der Waals surface area contributed by atoms with Crippen molar-refractivity contribution in [1.82, 2.24) is 4.90 Å². The molecule has 1 heterocycles. The number of hydrogen-bond acceptors (Lipinski definition) is 2. The zero-order chi connectivity index (χ0) is 10.6. The maximum atomic E-state index is 11.7. The van der Waals surface area contributed by atoms with Crippen molar-refractivity contribution < 1.29 is 4.79 Å². The summed E-state index contributed by atoms with van der Waals surface area (Å²) in [7, 11) is 0. The first kappa shape index (κ1) is 11.5. The van der Waals surface area contributed by atoms with Gasteiger partial charge in [-0.15, -0.1) is 0 Å². The minimum atomic E-state index is 0.175. The Bertz CT molecular complexity index is 194. The lowest BCUT2D eigenvalue weighted by molar-refractivity contribution is -0.133. The molecule has 1 fully saturated rings. The molecule has 0 aromatic heterocycles. The molecule has 0 radical (unpaired) electrons. The topological polar surface area (TPSA) is 46.3 Å². The van der Waals surface area contributed by atoms with E-state index in [4.69, 9.17) is 5.73 Å². The Morgan fingerprint density at radius 1 is 1.57 bits per heavy atom. The molecular weight excluding hydrogens is 176 g/mol. The fourth-order valence-corrected chi connectivity index (χ4v) is 1.81. The van der Waals surface area contributed by atoms with E-state index in [0.29, 0.717) is 12.3 Å². The van der Waals surface area contributed by atoms with Crippen molar-refractivity contribution in [3.05, 3.63) is 0 Å². The summed E-state index contributed by atoms with van der Waals surface area (Å²) in [5.41, 5.74) is 5.94. The number of nitrogens with two attached hydrogens (primary N) is 1. The van der Waals surface area contributed by atoms with Crippen molar-refractivity contribution in [2.75, 3.05) is 13.1 Å². The molecule has 2 atom stereocenters. The summed E-state index contributed by atoms with van der Waals surface area (Å²) in [6.45, 7) is 5.93. The first-order valence-electron chi connectivity index (χ1n) is 5.68. The summed E-state index contributed by atoms with van der Waals surface area (Å²) in [6, 6.07) is 0.175. The Labute approximate surface area is 86.6 Å². The molecule has 0 aromatic rings. The number of carbonyl (C=O) groups is 1. The van der Waals surface area contributed by atoms with Gasteiger partial charge in [-0.3, -0.25) is 4.79 Å². The van der Waals surface area contributed by atoms with Crippen LogP contribution in [0.1, 0.15) is 39.5 Å². The highest BCUT2D eigenvalue weighted by molar-refractivity contribution is 5.76. The van der Waals surface area contributed by atoms with E-state index < -0.39 is 0 Å². The highest BCUT2D eigenvalue weighted by Gasteiger charge is 2.25. The van der Waals surface area contributed by atoms with Gasteiger partial charge >= 0.3 is 0 Å². The van der Waals surface area contributed by atoms with Crippen LogP contribution in [-0.2, 0) is 4.79 Å². The third kappa shape index (κ3) is 2.98.